The molecule has 2 aromatic rings. The van der Waals surface area contributed by atoms with Crippen LogP contribution in [0, 0.1) is 0 Å². The number of carbonyl (C=O) groups is 1. The molecule has 0 fully saturated rings. The van der Waals surface area contributed by atoms with Gasteiger partial charge in [0.25, 0.3) is 5.91 Å². The number of carbonyl (C=O) groups excluding carboxylic acids is 1. The van der Waals surface area contributed by atoms with Crippen molar-refractivity contribution < 1.29 is 19.0 Å². The molecule has 0 atom stereocenters. The van der Waals surface area contributed by atoms with Gasteiger partial charge in [-0.25, -0.2) is 0 Å². The predicted octanol–water partition coefficient (Wildman–Crippen LogP) is 4.16. The van der Waals surface area contributed by atoms with Crippen LogP contribution in [0.1, 0.15) is 32.8 Å². The summed E-state index contributed by atoms with van der Waals surface area (Å²) in [6, 6.07) is 13.2. The molecule has 0 bridgehead atoms. The Bertz CT molecular complexity index is 763. The van der Waals surface area contributed by atoms with E-state index in [-0.39, 0.29) is 17.9 Å². The summed E-state index contributed by atoms with van der Waals surface area (Å²) in [5, 5.41) is 2.82. The van der Waals surface area contributed by atoms with Crippen LogP contribution in [0.15, 0.2) is 42.5 Å². The van der Waals surface area contributed by atoms with Gasteiger partial charge in [0.1, 0.15) is 5.75 Å². The molecule has 5 heteroatoms. The van der Waals surface area contributed by atoms with Gasteiger partial charge in [-0.05, 0) is 35.2 Å². The van der Waals surface area contributed by atoms with Gasteiger partial charge in [0, 0.05) is 18.2 Å². The summed E-state index contributed by atoms with van der Waals surface area (Å²) in [6.07, 6.45) is 0.845. The third-order valence-electron chi connectivity index (χ3n) is 4.12. The number of amides is 1. The zero-order valence-electron chi connectivity index (χ0n) is 15.5. The maximum atomic E-state index is 12.1. The molecule has 1 N–H and O–H groups in total. The van der Waals surface area contributed by atoms with Gasteiger partial charge in [-0.2, -0.15) is 0 Å². The molecule has 5 nitrogen and oxygen atoms in total. The lowest BCUT2D eigenvalue weighted by Crippen LogP contribution is -2.20. The van der Waals surface area contributed by atoms with Crippen LogP contribution in [0.25, 0.3) is 0 Å². The Balaban J connectivity index is 1.55. The Morgan fingerprint density at radius 3 is 2.42 bits per heavy atom. The fourth-order valence-electron chi connectivity index (χ4n) is 2.64. The van der Waals surface area contributed by atoms with Crippen molar-refractivity contribution in [3.05, 3.63) is 48.0 Å². The minimum absolute atomic E-state index is 0.0523. The highest BCUT2D eigenvalue weighted by Gasteiger charge is 2.14. The lowest BCUT2D eigenvalue weighted by atomic mass is 9.87. The summed E-state index contributed by atoms with van der Waals surface area (Å²) >= 11 is 0. The van der Waals surface area contributed by atoms with E-state index in [0.29, 0.717) is 36.1 Å². The third-order valence-corrected chi connectivity index (χ3v) is 4.12. The van der Waals surface area contributed by atoms with Crippen molar-refractivity contribution in [2.24, 2.45) is 0 Å². The highest BCUT2D eigenvalue weighted by Crippen LogP contribution is 2.32. The van der Waals surface area contributed by atoms with Gasteiger partial charge in [0.2, 0.25) is 0 Å². The number of hydrogen-bond acceptors (Lipinski definition) is 4. The molecule has 138 valence electrons. The highest BCUT2D eigenvalue weighted by atomic mass is 16.5. The number of nitrogens with one attached hydrogen (secondary N) is 1. The molecule has 3 rings (SSSR count). The monoisotopic (exact) mass is 355 g/mol. The van der Waals surface area contributed by atoms with Gasteiger partial charge in [-0.3, -0.25) is 4.79 Å². The Morgan fingerprint density at radius 2 is 1.73 bits per heavy atom. The first-order chi connectivity index (χ1) is 12.4. The van der Waals surface area contributed by atoms with Crippen LogP contribution < -0.4 is 19.5 Å². The second-order valence-electron chi connectivity index (χ2n) is 7.32. The first-order valence-corrected chi connectivity index (χ1v) is 8.85. The van der Waals surface area contributed by atoms with E-state index in [4.69, 9.17) is 14.2 Å². The van der Waals surface area contributed by atoms with Crippen LogP contribution in [-0.4, -0.2) is 25.7 Å². The van der Waals surface area contributed by atoms with Crippen molar-refractivity contribution >= 4 is 11.6 Å². The largest absolute Gasteiger partial charge is 0.490 e. The third kappa shape index (κ3) is 4.69. The van der Waals surface area contributed by atoms with Crippen LogP contribution >= 0.6 is 0 Å². The average Bonchev–Trinajstić information content (AvgIpc) is 2.84. The number of rotatable bonds is 4. The highest BCUT2D eigenvalue weighted by molar-refractivity contribution is 5.92. The first-order valence-electron chi connectivity index (χ1n) is 8.85. The van der Waals surface area contributed by atoms with Gasteiger partial charge >= 0.3 is 0 Å². The molecule has 1 heterocycles. The Morgan fingerprint density at radius 1 is 1.04 bits per heavy atom. The van der Waals surface area contributed by atoms with Crippen molar-refractivity contribution in [2.45, 2.75) is 32.6 Å². The summed E-state index contributed by atoms with van der Waals surface area (Å²) in [5.74, 6) is 1.81. The van der Waals surface area contributed by atoms with E-state index in [9.17, 15) is 4.79 Å². The first kappa shape index (κ1) is 18.1. The van der Waals surface area contributed by atoms with Crippen LogP contribution in [0.5, 0.6) is 17.2 Å². The minimum atomic E-state index is -0.223. The van der Waals surface area contributed by atoms with Gasteiger partial charge in [0.05, 0.1) is 13.2 Å². The quantitative estimate of drug-likeness (QED) is 0.895. The lowest BCUT2D eigenvalue weighted by molar-refractivity contribution is -0.118. The fraction of sp³-hybridized carbons (Fsp3) is 0.381. The Kier molecular flexibility index (Phi) is 5.35. The predicted molar refractivity (Wildman–Crippen MR) is 101 cm³/mol. The molecular formula is C21H25NO4. The van der Waals surface area contributed by atoms with Gasteiger partial charge < -0.3 is 19.5 Å². The van der Waals surface area contributed by atoms with E-state index in [1.165, 1.54) is 5.56 Å². The van der Waals surface area contributed by atoms with Gasteiger partial charge in [-0.15, -0.1) is 0 Å². The van der Waals surface area contributed by atoms with Gasteiger partial charge in [-0.1, -0.05) is 32.9 Å². The van der Waals surface area contributed by atoms with Crippen molar-refractivity contribution in [1.82, 2.24) is 0 Å². The minimum Gasteiger partial charge on any atom is -0.490 e. The smallest absolute Gasteiger partial charge is 0.262 e. The molecule has 26 heavy (non-hydrogen) atoms. The summed E-state index contributed by atoms with van der Waals surface area (Å²) in [4.78, 5) is 12.1. The molecule has 0 saturated heterocycles. The standard InChI is InChI=1S/C21H25NO4/c1-21(2,3)15-5-8-17(9-6-15)26-14-20(23)22-16-7-10-18-19(13-16)25-12-4-11-24-18/h5-10,13H,4,11-12,14H2,1-3H3,(H,22,23). The van der Waals surface area contributed by atoms with E-state index < -0.39 is 0 Å². The molecule has 0 radical (unpaired) electrons. The van der Waals surface area contributed by atoms with Gasteiger partial charge in [0.15, 0.2) is 18.1 Å². The van der Waals surface area contributed by atoms with Crippen molar-refractivity contribution in [1.29, 1.82) is 0 Å². The van der Waals surface area contributed by atoms with Crippen molar-refractivity contribution in [2.75, 3.05) is 25.1 Å². The normalized spacial score (nSPS) is 13.7. The zero-order chi connectivity index (χ0) is 18.6. The van der Waals surface area contributed by atoms with Crippen LogP contribution in [0.4, 0.5) is 5.69 Å². The molecular weight excluding hydrogens is 330 g/mol. The van der Waals surface area contributed by atoms with Crippen molar-refractivity contribution in [3.8, 4) is 17.2 Å². The molecule has 0 aromatic heterocycles. The van der Waals surface area contributed by atoms with Crippen molar-refractivity contribution in [3.63, 3.8) is 0 Å². The number of anilines is 1. The summed E-state index contributed by atoms with van der Waals surface area (Å²) in [5.41, 5.74) is 1.97. The number of benzene rings is 2. The Labute approximate surface area is 154 Å². The average molecular weight is 355 g/mol. The zero-order valence-corrected chi connectivity index (χ0v) is 15.5. The summed E-state index contributed by atoms with van der Waals surface area (Å²) < 4.78 is 16.8. The van der Waals surface area contributed by atoms with E-state index >= 15 is 0 Å². The second-order valence-corrected chi connectivity index (χ2v) is 7.32. The maximum absolute atomic E-state index is 12.1. The number of fused-ring (bicyclic) bond motifs is 1. The summed E-state index contributed by atoms with van der Waals surface area (Å²) in [7, 11) is 0. The van der Waals surface area contributed by atoms with Crippen LogP contribution in [-0.2, 0) is 10.2 Å². The molecule has 0 saturated carbocycles. The SMILES string of the molecule is CC(C)(C)c1ccc(OCC(=O)Nc2ccc3c(c2)OCCCO3)cc1. The van der Waals surface area contributed by atoms with Crippen LogP contribution in [0.2, 0.25) is 0 Å². The number of ether oxygens (including phenoxy) is 3. The molecule has 1 aliphatic heterocycles. The molecule has 0 spiro atoms. The molecule has 1 amide bonds. The van der Waals surface area contributed by atoms with E-state index in [0.717, 1.165) is 6.42 Å². The second kappa shape index (κ2) is 7.68. The molecule has 2 aromatic carbocycles. The van der Waals surface area contributed by atoms with E-state index in [2.05, 4.69) is 26.1 Å². The number of hydrogen-bond donors (Lipinski definition) is 1. The molecule has 0 aliphatic carbocycles. The lowest BCUT2D eigenvalue weighted by Gasteiger charge is -2.19. The molecule has 0 unspecified atom stereocenters. The fourth-order valence-corrected chi connectivity index (χ4v) is 2.64. The van der Waals surface area contributed by atoms with E-state index in [1.54, 1.807) is 12.1 Å². The maximum Gasteiger partial charge on any atom is 0.262 e. The topological polar surface area (TPSA) is 56.8 Å². The molecule has 1 aliphatic rings. The summed E-state index contributed by atoms with van der Waals surface area (Å²) in [6.45, 7) is 7.67. The van der Waals surface area contributed by atoms with Crippen LogP contribution in [0.3, 0.4) is 0 Å². The van der Waals surface area contributed by atoms with E-state index in [1.807, 2.05) is 30.3 Å². The Hall–Kier alpha value is -2.69.